The minimum Gasteiger partial charge on any atom is -0.369 e. The lowest BCUT2D eigenvalue weighted by atomic mass is 10.2. The summed E-state index contributed by atoms with van der Waals surface area (Å²) < 4.78 is 26.8. The average molecular weight is 471 g/mol. The van der Waals surface area contributed by atoms with Crippen molar-refractivity contribution in [1.82, 2.24) is 4.90 Å². The van der Waals surface area contributed by atoms with Gasteiger partial charge in [0.05, 0.1) is 5.69 Å². The number of benzene rings is 2. The first-order valence-corrected chi connectivity index (χ1v) is 12.6. The van der Waals surface area contributed by atoms with Gasteiger partial charge in [0.25, 0.3) is 15.9 Å². The first-order chi connectivity index (χ1) is 15.3. The molecule has 1 aliphatic rings. The van der Waals surface area contributed by atoms with E-state index in [-0.39, 0.29) is 10.1 Å². The van der Waals surface area contributed by atoms with Gasteiger partial charge in [-0.2, -0.15) is 0 Å². The summed E-state index contributed by atoms with van der Waals surface area (Å²) in [5.74, 6) is -0.243. The van der Waals surface area contributed by atoms with E-state index in [1.54, 1.807) is 41.8 Å². The highest BCUT2D eigenvalue weighted by atomic mass is 32.2. The van der Waals surface area contributed by atoms with Gasteiger partial charge in [-0.05, 0) is 67.0 Å². The molecule has 0 saturated carbocycles. The van der Waals surface area contributed by atoms with E-state index in [0.717, 1.165) is 31.9 Å². The van der Waals surface area contributed by atoms with E-state index < -0.39 is 10.0 Å². The average Bonchev–Trinajstić information content (AvgIpc) is 3.36. The van der Waals surface area contributed by atoms with Crippen LogP contribution in [0.25, 0.3) is 0 Å². The van der Waals surface area contributed by atoms with Crippen molar-refractivity contribution in [3.05, 3.63) is 71.6 Å². The smallest absolute Gasteiger partial charge is 0.273 e. The molecule has 1 amide bonds. The molecule has 9 heteroatoms. The topological polar surface area (TPSA) is 73.0 Å². The van der Waals surface area contributed by atoms with Gasteiger partial charge in [0.2, 0.25) is 0 Å². The van der Waals surface area contributed by atoms with Crippen molar-refractivity contribution < 1.29 is 13.2 Å². The van der Waals surface area contributed by atoms with Crippen LogP contribution in [0.3, 0.4) is 0 Å². The molecule has 1 N–H and O–H groups in total. The highest BCUT2D eigenvalue weighted by molar-refractivity contribution is 7.94. The second kappa shape index (κ2) is 9.32. The molecule has 4 rings (SSSR count). The molecule has 1 fully saturated rings. The Morgan fingerprint density at radius 2 is 1.62 bits per heavy atom. The molecule has 0 bridgehead atoms. The summed E-state index contributed by atoms with van der Waals surface area (Å²) in [6.07, 6.45) is 0. The lowest BCUT2D eigenvalue weighted by Gasteiger charge is -2.34. The summed E-state index contributed by atoms with van der Waals surface area (Å²) >= 11 is 1.17. The maximum atomic E-state index is 12.7. The summed E-state index contributed by atoms with van der Waals surface area (Å²) in [5, 5.41) is 4.63. The van der Waals surface area contributed by atoms with Crippen molar-refractivity contribution in [2.24, 2.45) is 0 Å². The fourth-order valence-electron chi connectivity index (χ4n) is 3.53. The van der Waals surface area contributed by atoms with Gasteiger partial charge in [-0.15, -0.1) is 11.3 Å². The van der Waals surface area contributed by atoms with E-state index in [0.29, 0.717) is 16.9 Å². The number of hydrogen-bond donors (Lipinski definition) is 1. The first-order valence-electron chi connectivity index (χ1n) is 10.3. The Hall–Kier alpha value is -2.88. The third-order valence-corrected chi connectivity index (χ3v) is 8.76. The van der Waals surface area contributed by atoms with Gasteiger partial charge >= 0.3 is 0 Å². The van der Waals surface area contributed by atoms with Crippen molar-refractivity contribution in [2.45, 2.75) is 4.21 Å². The van der Waals surface area contributed by atoms with Gasteiger partial charge in [-0.25, -0.2) is 8.42 Å². The van der Waals surface area contributed by atoms with Crippen molar-refractivity contribution >= 4 is 44.3 Å². The Labute approximate surface area is 192 Å². The van der Waals surface area contributed by atoms with Gasteiger partial charge in [0.1, 0.15) is 4.21 Å². The molecule has 0 aliphatic carbocycles. The van der Waals surface area contributed by atoms with E-state index in [1.807, 2.05) is 24.3 Å². The van der Waals surface area contributed by atoms with Crippen LogP contribution in [0.15, 0.2) is 70.3 Å². The predicted octanol–water partition coefficient (Wildman–Crippen LogP) is 3.58. The molecule has 0 atom stereocenters. The van der Waals surface area contributed by atoms with Gasteiger partial charge < -0.3 is 15.1 Å². The van der Waals surface area contributed by atoms with Gasteiger partial charge in [-0.1, -0.05) is 6.07 Å². The summed E-state index contributed by atoms with van der Waals surface area (Å²) in [6.45, 7) is 4.06. The third-order valence-electron chi connectivity index (χ3n) is 5.60. The number of hydrogen-bond acceptors (Lipinski definition) is 6. The molecule has 1 aliphatic heterocycles. The van der Waals surface area contributed by atoms with Crippen LogP contribution in [0, 0.1) is 0 Å². The van der Waals surface area contributed by atoms with E-state index in [2.05, 4.69) is 22.2 Å². The quantitative estimate of drug-likeness (QED) is 0.596. The molecule has 168 valence electrons. The Morgan fingerprint density at radius 1 is 0.969 bits per heavy atom. The van der Waals surface area contributed by atoms with Gasteiger partial charge in [0, 0.05) is 50.2 Å². The van der Waals surface area contributed by atoms with E-state index in [4.69, 9.17) is 0 Å². The number of sulfonamides is 1. The molecule has 32 heavy (non-hydrogen) atoms. The summed E-state index contributed by atoms with van der Waals surface area (Å²) in [6, 6.07) is 17.7. The van der Waals surface area contributed by atoms with Crippen LogP contribution in [-0.4, -0.2) is 59.5 Å². The molecule has 2 aromatic carbocycles. The van der Waals surface area contributed by atoms with E-state index in [9.17, 15) is 13.2 Å². The number of amides is 1. The zero-order valence-electron chi connectivity index (χ0n) is 18.1. The summed E-state index contributed by atoms with van der Waals surface area (Å²) in [4.78, 5) is 17.3. The summed E-state index contributed by atoms with van der Waals surface area (Å²) in [5.41, 5.74) is 2.81. The predicted molar refractivity (Wildman–Crippen MR) is 130 cm³/mol. The highest BCUT2D eigenvalue weighted by Crippen LogP contribution is 2.26. The zero-order valence-corrected chi connectivity index (χ0v) is 19.7. The fraction of sp³-hybridized carbons (Fsp3) is 0.261. The third kappa shape index (κ3) is 4.79. The Morgan fingerprint density at radius 3 is 2.22 bits per heavy atom. The molecule has 2 heterocycles. The molecular weight excluding hydrogens is 444 g/mol. The minimum atomic E-state index is -3.60. The van der Waals surface area contributed by atoms with Crippen LogP contribution in [0.5, 0.6) is 0 Å². The molecule has 0 radical (unpaired) electrons. The molecular formula is C23H26N4O3S2. The standard InChI is InChI=1S/C23H26N4O3S2/c1-25-13-15-27(16-14-25)21-11-7-19(8-12-21)24-23(28)18-5-9-20(10-6-18)26(2)32(29,30)22-4-3-17-31-22/h3-12,17H,13-16H2,1-2H3,(H,24,28). The molecule has 0 spiro atoms. The van der Waals surface area contributed by atoms with Crippen molar-refractivity contribution in [3.8, 4) is 0 Å². The molecule has 1 saturated heterocycles. The Bertz CT molecular complexity index is 1150. The minimum absolute atomic E-state index is 0.243. The number of thiophene rings is 1. The monoisotopic (exact) mass is 470 g/mol. The number of rotatable bonds is 6. The Balaban J connectivity index is 1.40. The first kappa shape index (κ1) is 22.3. The lowest BCUT2D eigenvalue weighted by molar-refractivity contribution is 0.102. The second-order valence-corrected chi connectivity index (χ2v) is 10.9. The molecule has 3 aromatic rings. The number of piperazine rings is 1. The van der Waals surface area contributed by atoms with Crippen LogP contribution >= 0.6 is 11.3 Å². The zero-order chi connectivity index (χ0) is 22.7. The van der Waals surface area contributed by atoms with Crippen LogP contribution in [-0.2, 0) is 10.0 Å². The van der Waals surface area contributed by atoms with Crippen LogP contribution in [0.1, 0.15) is 10.4 Å². The number of carbonyl (C=O) groups excluding carboxylic acids is 1. The van der Waals surface area contributed by atoms with E-state index >= 15 is 0 Å². The van der Waals surface area contributed by atoms with Crippen LogP contribution in [0.2, 0.25) is 0 Å². The maximum Gasteiger partial charge on any atom is 0.273 e. The number of anilines is 3. The second-order valence-electron chi connectivity index (χ2n) is 7.74. The molecule has 7 nitrogen and oxygen atoms in total. The number of carbonyl (C=O) groups is 1. The number of nitrogens with zero attached hydrogens (tertiary/aromatic N) is 3. The van der Waals surface area contributed by atoms with Crippen LogP contribution < -0.4 is 14.5 Å². The van der Waals surface area contributed by atoms with Crippen molar-refractivity contribution in [1.29, 1.82) is 0 Å². The number of likely N-dealkylation sites (N-methyl/N-ethyl adjacent to an activating group) is 1. The van der Waals surface area contributed by atoms with Gasteiger partial charge in [-0.3, -0.25) is 9.10 Å². The lowest BCUT2D eigenvalue weighted by Crippen LogP contribution is -2.44. The normalized spacial score (nSPS) is 14.9. The highest BCUT2D eigenvalue weighted by Gasteiger charge is 2.22. The number of nitrogens with one attached hydrogen (secondary N) is 1. The molecule has 1 aromatic heterocycles. The van der Waals surface area contributed by atoms with Crippen molar-refractivity contribution in [3.63, 3.8) is 0 Å². The fourth-order valence-corrected chi connectivity index (χ4v) is 5.89. The largest absolute Gasteiger partial charge is 0.369 e. The van der Waals surface area contributed by atoms with Gasteiger partial charge in [0.15, 0.2) is 0 Å². The Kier molecular flexibility index (Phi) is 6.50. The van der Waals surface area contributed by atoms with Crippen molar-refractivity contribution in [2.75, 3.05) is 54.8 Å². The molecule has 0 unspecified atom stereocenters. The summed E-state index contributed by atoms with van der Waals surface area (Å²) in [7, 11) is 0.0319. The van der Waals surface area contributed by atoms with E-state index in [1.165, 1.54) is 22.7 Å². The van der Waals surface area contributed by atoms with Crippen LogP contribution in [0.4, 0.5) is 17.1 Å². The SMILES string of the molecule is CN1CCN(c2ccc(NC(=O)c3ccc(N(C)S(=O)(=O)c4cccs4)cc3)cc2)CC1. The maximum absolute atomic E-state index is 12.7.